The lowest BCUT2D eigenvalue weighted by molar-refractivity contribution is 0.183. The lowest BCUT2D eigenvalue weighted by Crippen LogP contribution is -2.29. The SMILES string of the molecule is CNC(CCOC)Cc1cc(C)ccc1OC. The molecule has 0 saturated heterocycles. The van der Waals surface area contributed by atoms with Gasteiger partial charge < -0.3 is 14.8 Å². The lowest BCUT2D eigenvalue weighted by Gasteiger charge is -2.18. The maximum atomic E-state index is 5.39. The topological polar surface area (TPSA) is 30.5 Å². The van der Waals surface area contributed by atoms with Crippen molar-refractivity contribution in [3.05, 3.63) is 29.3 Å². The first-order valence-electron chi connectivity index (χ1n) is 6.01. The van der Waals surface area contributed by atoms with Gasteiger partial charge in [0.05, 0.1) is 7.11 Å². The third-order valence-electron chi connectivity index (χ3n) is 2.98. The van der Waals surface area contributed by atoms with Gasteiger partial charge in [-0.3, -0.25) is 0 Å². The summed E-state index contributed by atoms with van der Waals surface area (Å²) in [5.74, 6) is 0.966. The van der Waals surface area contributed by atoms with Crippen LogP contribution in [-0.2, 0) is 11.2 Å². The van der Waals surface area contributed by atoms with Crippen molar-refractivity contribution in [2.75, 3.05) is 27.9 Å². The number of methoxy groups -OCH3 is 2. The molecule has 96 valence electrons. The Kier molecular flexibility index (Phi) is 6.01. The van der Waals surface area contributed by atoms with E-state index < -0.39 is 0 Å². The molecule has 0 spiro atoms. The molecule has 0 aliphatic heterocycles. The van der Waals surface area contributed by atoms with Gasteiger partial charge in [-0.05, 0) is 38.4 Å². The second kappa shape index (κ2) is 7.30. The first-order chi connectivity index (χ1) is 8.21. The third-order valence-corrected chi connectivity index (χ3v) is 2.98. The summed E-state index contributed by atoms with van der Waals surface area (Å²) in [6.45, 7) is 2.88. The van der Waals surface area contributed by atoms with Crippen LogP contribution in [0.3, 0.4) is 0 Å². The fourth-order valence-corrected chi connectivity index (χ4v) is 1.94. The second-order valence-corrected chi connectivity index (χ2v) is 4.29. The van der Waals surface area contributed by atoms with Gasteiger partial charge in [0.15, 0.2) is 0 Å². The zero-order valence-electron chi connectivity index (χ0n) is 11.2. The van der Waals surface area contributed by atoms with E-state index in [0.29, 0.717) is 6.04 Å². The maximum Gasteiger partial charge on any atom is 0.122 e. The van der Waals surface area contributed by atoms with Gasteiger partial charge in [-0.2, -0.15) is 0 Å². The van der Waals surface area contributed by atoms with E-state index in [2.05, 4.69) is 24.4 Å². The van der Waals surface area contributed by atoms with E-state index in [4.69, 9.17) is 9.47 Å². The number of likely N-dealkylation sites (N-methyl/N-ethyl adjacent to an activating group) is 1. The quantitative estimate of drug-likeness (QED) is 0.788. The molecule has 1 aromatic carbocycles. The average Bonchev–Trinajstić information content (AvgIpc) is 2.34. The zero-order valence-corrected chi connectivity index (χ0v) is 11.2. The summed E-state index contributed by atoms with van der Waals surface area (Å²) in [4.78, 5) is 0. The molecule has 1 unspecified atom stereocenters. The highest BCUT2D eigenvalue weighted by atomic mass is 16.5. The van der Waals surface area contributed by atoms with Gasteiger partial charge in [-0.1, -0.05) is 17.7 Å². The standard InChI is InChI=1S/C14H23NO2/c1-11-5-6-14(17-4)12(9-11)10-13(15-2)7-8-16-3/h5-6,9,13,15H,7-8,10H2,1-4H3. The van der Waals surface area contributed by atoms with Gasteiger partial charge in [-0.15, -0.1) is 0 Å². The molecule has 1 atom stereocenters. The minimum Gasteiger partial charge on any atom is -0.496 e. The molecule has 1 aromatic rings. The van der Waals surface area contributed by atoms with Crippen molar-refractivity contribution in [2.24, 2.45) is 0 Å². The minimum atomic E-state index is 0.422. The van der Waals surface area contributed by atoms with Crippen LogP contribution in [0.25, 0.3) is 0 Å². The van der Waals surface area contributed by atoms with Crippen LogP contribution in [0.1, 0.15) is 17.5 Å². The molecule has 0 fully saturated rings. The van der Waals surface area contributed by atoms with Crippen molar-refractivity contribution in [2.45, 2.75) is 25.8 Å². The van der Waals surface area contributed by atoms with Crippen LogP contribution < -0.4 is 10.1 Å². The summed E-state index contributed by atoms with van der Waals surface area (Å²) >= 11 is 0. The molecule has 3 heteroatoms. The summed E-state index contributed by atoms with van der Waals surface area (Å²) in [5, 5.41) is 3.32. The van der Waals surface area contributed by atoms with Crippen molar-refractivity contribution < 1.29 is 9.47 Å². The summed E-state index contributed by atoms with van der Waals surface area (Å²) in [5.41, 5.74) is 2.52. The van der Waals surface area contributed by atoms with E-state index >= 15 is 0 Å². The summed E-state index contributed by atoms with van der Waals surface area (Å²) in [7, 11) is 5.44. The van der Waals surface area contributed by atoms with E-state index in [0.717, 1.165) is 25.2 Å². The van der Waals surface area contributed by atoms with Gasteiger partial charge in [0.1, 0.15) is 5.75 Å². The molecule has 0 radical (unpaired) electrons. The molecule has 0 bridgehead atoms. The molecule has 17 heavy (non-hydrogen) atoms. The van der Waals surface area contributed by atoms with Crippen LogP contribution in [-0.4, -0.2) is 33.9 Å². The molecule has 1 rings (SSSR count). The highest BCUT2D eigenvalue weighted by Crippen LogP contribution is 2.21. The van der Waals surface area contributed by atoms with Gasteiger partial charge in [0.25, 0.3) is 0 Å². The molecule has 1 N–H and O–H groups in total. The highest BCUT2D eigenvalue weighted by Gasteiger charge is 2.11. The van der Waals surface area contributed by atoms with Crippen molar-refractivity contribution >= 4 is 0 Å². The predicted molar refractivity (Wildman–Crippen MR) is 70.8 cm³/mol. The van der Waals surface area contributed by atoms with Gasteiger partial charge >= 0.3 is 0 Å². The highest BCUT2D eigenvalue weighted by molar-refractivity contribution is 5.37. The van der Waals surface area contributed by atoms with Crippen molar-refractivity contribution in [1.82, 2.24) is 5.32 Å². The van der Waals surface area contributed by atoms with Crippen LogP contribution in [0.4, 0.5) is 0 Å². The minimum absolute atomic E-state index is 0.422. The van der Waals surface area contributed by atoms with Gasteiger partial charge in [0.2, 0.25) is 0 Å². The Bertz CT molecular complexity index is 339. The number of nitrogens with one attached hydrogen (secondary N) is 1. The molecular formula is C14H23NO2. The molecule has 3 nitrogen and oxygen atoms in total. The molecule has 0 amide bonds. The number of ether oxygens (including phenoxy) is 2. The van der Waals surface area contributed by atoms with Crippen molar-refractivity contribution in [1.29, 1.82) is 0 Å². The molecule has 0 saturated carbocycles. The summed E-state index contributed by atoms with van der Waals surface area (Å²) < 4.78 is 10.5. The number of benzene rings is 1. The zero-order chi connectivity index (χ0) is 12.7. The Morgan fingerprint density at radius 2 is 2.06 bits per heavy atom. The fourth-order valence-electron chi connectivity index (χ4n) is 1.94. The molecular weight excluding hydrogens is 214 g/mol. The molecule has 0 aromatic heterocycles. The Labute approximate surface area is 104 Å². The monoisotopic (exact) mass is 237 g/mol. The Morgan fingerprint density at radius 1 is 1.29 bits per heavy atom. The Morgan fingerprint density at radius 3 is 2.65 bits per heavy atom. The number of aryl methyl sites for hydroxylation is 1. The molecule has 0 aliphatic carbocycles. The maximum absolute atomic E-state index is 5.39. The fraction of sp³-hybridized carbons (Fsp3) is 0.571. The average molecular weight is 237 g/mol. The van der Waals surface area contributed by atoms with Crippen molar-refractivity contribution in [3.63, 3.8) is 0 Å². The summed E-state index contributed by atoms with van der Waals surface area (Å²) in [6, 6.07) is 6.72. The largest absolute Gasteiger partial charge is 0.496 e. The van der Waals surface area contributed by atoms with Gasteiger partial charge in [0, 0.05) is 19.8 Å². The summed E-state index contributed by atoms with van der Waals surface area (Å²) in [6.07, 6.45) is 1.97. The lowest BCUT2D eigenvalue weighted by atomic mass is 10.0. The second-order valence-electron chi connectivity index (χ2n) is 4.29. The van der Waals surface area contributed by atoms with Crippen LogP contribution in [0.5, 0.6) is 5.75 Å². The smallest absolute Gasteiger partial charge is 0.122 e. The Hall–Kier alpha value is -1.06. The van der Waals surface area contributed by atoms with Crippen LogP contribution >= 0.6 is 0 Å². The number of rotatable bonds is 7. The predicted octanol–water partition coefficient (Wildman–Crippen LogP) is 2.17. The first kappa shape index (κ1) is 14.0. The van der Waals surface area contributed by atoms with E-state index in [1.54, 1.807) is 14.2 Å². The molecule has 0 heterocycles. The molecule has 0 aliphatic rings. The number of hydrogen-bond donors (Lipinski definition) is 1. The van der Waals surface area contributed by atoms with Crippen LogP contribution in [0.15, 0.2) is 18.2 Å². The Balaban J connectivity index is 2.73. The van der Waals surface area contributed by atoms with Gasteiger partial charge in [-0.25, -0.2) is 0 Å². The van der Waals surface area contributed by atoms with E-state index in [-0.39, 0.29) is 0 Å². The van der Waals surface area contributed by atoms with E-state index in [9.17, 15) is 0 Å². The van der Waals surface area contributed by atoms with Crippen molar-refractivity contribution in [3.8, 4) is 5.75 Å². The first-order valence-corrected chi connectivity index (χ1v) is 6.01. The van der Waals surface area contributed by atoms with Crippen LogP contribution in [0.2, 0.25) is 0 Å². The third kappa shape index (κ3) is 4.36. The number of hydrogen-bond acceptors (Lipinski definition) is 3. The normalized spacial score (nSPS) is 12.5. The van der Waals surface area contributed by atoms with E-state index in [1.807, 2.05) is 13.1 Å². The van der Waals surface area contributed by atoms with E-state index in [1.165, 1.54) is 11.1 Å². The van der Waals surface area contributed by atoms with Crippen LogP contribution in [0, 0.1) is 6.92 Å².